The van der Waals surface area contributed by atoms with Gasteiger partial charge >= 0.3 is 6.09 Å². The molecule has 8 nitrogen and oxygen atoms in total. The van der Waals surface area contributed by atoms with Crippen LogP contribution in [0.2, 0.25) is 0 Å². The van der Waals surface area contributed by atoms with Gasteiger partial charge < -0.3 is 9.67 Å². The maximum atomic E-state index is 12.2. The lowest BCUT2D eigenvalue weighted by Crippen LogP contribution is -2.33. The largest absolute Gasteiger partial charge is 0.465 e. The van der Waals surface area contributed by atoms with E-state index in [0.717, 1.165) is 24.0 Å². The lowest BCUT2D eigenvalue weighted by molar-refractivity contribution is -0.0756. The van der Waals surface area contributed by atoms with Crippen LogP contribution in [0.5, 0.6) is 0 Å². The maximum Gasteiger partial charge on any atom is 0.409 e. The highest BCUT2D eigenvalue weighted by atomic mass is 16.7. The van der Waals surface area contributed by atoms with Gasteiger partial charge in [-0.25, -0.2) is 9.86 Å². The summed E-state index contributed by atoms with van der Waals surface area (Å²) in [7, 11) is 2.72. The van der Waals surface area contributed by atoms with Gasteiger partial charge in [0.15, 0.2) is 0 Å². The summed E-state index contributed by atoms with van der Waals surface area (Å²) in [5.41, 5.74) is -0.647. The van der Waals surface area contributed by atoms with Gasteiger partial charge in [-0.2, -0.15) is 0 Å². The number of anilines is 1. The third kappa shape index (κ3) is 2.89. The second kappa shape index (κ2) is 5.21. The molecule has 114 valence electrons. The minimum Gasteiger partial charge on any atom is -0.465 e. The Hall–Kier alpha value is -2.35. The highest BCUT2D eigenvalue weighted by Gasteiger charge is 2.40. The van der Waals surface area contributed by atoms with Crippen LogP contribution in [0.1, 0.15) is 30.1 Å². The van der Waals surface area contributed by atoms with Crippen LogP contribution in [-0.4, -0.2) is 40.9 Å². The van der Waals surface area contributed by atoms with E-state index in [-0.39, 0.29) is 22.3 Å². The van der Waals surface area contributed by atoms with Crippen LogP contribution >= 0.6 is 0 Å². The van der Waals surface area contributed by atoms with Gasteiger partial charge in [0.05, 0.1) is 18.4 Å². The van der Waals surface area contributed by atoms with Crippen molar-refractivity contribution < 1.29 is 19.5 Å². The molecule has 1 aromatic heterocycles. The molecule has 8 heteroatoms. The quantitative estimate of drug-likeness (QED) is 0.809. The Balaban J connectivity index is 2.55. The van der Waals surface area contributed by atoms with E-state index in [0.29, 0.717) is 0 Å². The van der Waals surface area contributed by atoms with Crippen molar-refractivity contribution >= 4 is 17.7 Å². The van der Waals surface area contributed by atoms with Crippen LogP contribution in [0.3, 0.4) is 0 Å². The first-order valence-corrected chi connectivity index (χ1v) is 6.38. The zero-order chi connectivity index (χ0) is 15.8. The summed E-state index contributed by atoms with van der Waals surface area (Å²) in [4.78, 5) is 40.0. The summed E-state index contributed by atoms with van der Waals surface area (Å²) in [5, 5.41) is 11.9. The van der Waals surface area contributed by atoms with Crippen molar-refractivity contribution in [2.75, 3.05) is 19.5 Å². The van der Waals surface area contributed by atoms with Gasteiger partial charge in [0, 0.05) is 24.8 Å². The molecule has 0 unspecified atom stereocenters. The van der Waals surface area contributed by atoms with E-state index in [4.69, 9.17) is 9.94 Å². The monoisotopic (exact) mass is 295 g/mol. The molecule has 0 bridgehead atoms. The van der Waals surface area contributed by atoms with Crippen molar-refractivity contribution in [3.05, 3.63) is 28.2 Å². The minimum atomic E-state index is -1.35. The number of amides is 2. The van der Waals surface area contributed by atoms with Gasteiger partial charge in [-0.05, 0) is 19.8 Å². The van der Waals surface area contributed by atoms with E-state index in [1.807, 2.05) is 6.92 Å². The fourth-order valence-corrected chi connectivity index (χ4v) is 2.02. The molecule has 0 spiro atoms. The van der Waals surface area contributed by atoms with Crippen molar-refractivity contribution in [1.82, 2.24) is 9.63 Å². The number of hydrogen-bond acceptors (Lipinski definition) is 4. The number of pyridine rings is 1. The predicted molar refractivity (Wildman–Crippen MR) is 74.3 cm³/mol. The van der Waals surface area contributed by atoms with Gasteiger partial charge in [-0.1, -0.05) is 0 Å². The van der Waals surface area contributed by atoms with Gasteiger partial charge in [-0.15, -0.1) is 0 Å². The molecule has 0 saturated heterocycles. The smallest absolute Gasteiger partial charge is 0.409 e. The van der Waals surface area contributed by atoms with Gasteiger partial charge in [0.25, 0.3) is 11.5 Å². The molecule has 1 aliphatic rings. The number of nitrogens with zero attached hydrogens (tertiary/aromatic N) is 2. The number of carbonyl (C=O) groups is 2. The third-order valence-electron chi connectivity index (χ3n) is 3.64. The summed E-state index contributed by atoms with van der Waals surface area (Å²) >= 11 is 0. The average molecular weight is 295 g/mol. The summed E-state index contributed by atoms with van der Waals surface area (Å²) in [5.74, 6) is -0.542. The molecule has 0 atom stereocenters. The topological polar surface area (TPSA) is 101 Å². The highest BCUT2D eigenvalue weighted by Crippen LogP contribution is 2.42. The first-order valence-electron chi connectivity index (χ1n) is 6.38. The summed E-state index contributed by atoms with van der Waals surface area (Å²) in [6.45, 7) is 1.91. The summed E-state index contributed by atoms with van der Waals surface area (Å²) in [6, 6.07) is 1.12. The molecule has 0 aliphatic heterocycles. The Morgan fingerprint density at radius 3 is 2.57 bits per heavy atom. The minimum absolute atomic E-state index is 0.0538. The van der Waals surface area contributed by atoms with Crippen LogP contribution in [0.4, 0.5) is 10.5 Å². The molecule has 0 radical (unpaired) electrons. The molecule has 1 aliphatic carbocycles. The zero-order valence-electron chi connectivity index (χ0n) is 12.0. The first-order chi connectivity index (χ1) is 9.78. The Morgan fingerprint density at radius 2 is 2.10 bits per heavy atom. The number of rotatable bonds is 4. The second-order valence-electron chi connectivity index (χ2n) is 5.22. The Kier molecular flexibility index (Phi) is 3.73. The molecule has 2 N–H and O–H groups in total. The highest BCUT2D eigenvalue weighted by molar-refractivity contribution is 6.01. The normalized spacial score (nSPS) is 15.4. The van der Waals surface area contributed by atoms with Crippen LogP contribution in [0.25, 0.3) is 0 Å². The summed E-state index contributed by atoms with van der Waals surface area (Å²) < 4.78 is 1.47. The number of hydrogen-bond donors (Lipinski definition) is 2. The predicted octanol–water partition coefficient (Wildman–Crippen LogP) is 1.08. The number of hydroxylamine groups is 2. The fourth-order valence-electron chi connectivity index (χ4n) is 2.02. The zero-order valence-corrected chi connectivity index (χ0v) is 12.0. The molecular formula is C13H17N3O5. The van der Waals surface area contributed by atoms with Crippen LogP contribution in [0, 0.1) is 0 Å². The van der Waals surface area contributed by atoms with Crippen molar-refractivity contribution in [1.29, 1.82) is 0 Å². The number of carbonyl (C=O) groups excluding carboxylic acids is 1. The van der Waals surface area contributed by atoms with E-state index in [2.05, 4.69) is 5.32 Å². The van der Waals surface area contributed by atoms with Gasteiger partial charge in [0.2, 0.25) is 0 Å². The molecule has 1 heterocycles. The number of aromatic nitrogens is 1. The molecular weight excluding hydrogens is 278 g/mol. The van der Waals surface area contributed by atoms with E-state index in [1.54, 1.807) is 0 Å². The van der Waals surface area contributed by atoms with E-state index in [9.17, 15) is 14.4 Å². The number of nitrogens with one attached hydrogen (secondary N) is 1. The molecule has 1 aromatic rings. The molecule has 2 rings (SSSR count). The Bertz CT molecular complexity index is 648. The molecule has 21 heavy (non-hydrogen) atoms. The Morgan fingerprint density at radius 1 is 1.48 bits per heavy atom. The van der Waals surface area contributed by atoms with Crippen LogP contribution in [-0.2, 0) is 10.4 Å². The van der Waals surface area contributed by atoms with Crippen molar-refractivity contribution in [3.8, 4) is 0 Å². The van der Waals surface area contributed by atoms with Crippen molar-refractivity contribution in [2.45, 2.75) is 25.3 Å². The lowest BCUT2D eigenvalue weighted by atomic mass is 10.2. The SMILES string of the molecule is CON(C)C(=O)c1cn(C2(C)CC2)c(=O)cc1NC(=O)O. The van der Waals surface area contributed by atoms with Crippen LogP contribution in [0.15, 0.2) is 17.1 Å². The Labute approximate surface area is 120 Å². The molecule has 1 fully saturated rings. The maximum absolute atomic E-state index is 12.2. The van der Waals surface area contributed by atoms with Crippen molar-refractivity contribution in [2.24, 2.45) is 0 Å². The second-order valence-corrected chi connectivity index (χ2v) is 5.22. The molecule has 2 amide bonds. The average Bonchev–Trinajstić information content (AvgIpc) is 3.15. The standard InChI is InChI=1S/C13H17N3O5/c1-13(4-5-13)16-7-8(11(18)15(2)21-3)9(6-10(16)17)14-12(19)20/h6-7,14H,4-5H2,1-3H3,(H,19,20). The van der Waals surface area contributed by atoms with E-state index in [1.165, 1.54) is 24.9 Å². The van der Waals surface area contributed by atoms with Gasteiger partial charge in [0.1, 0.15) is 0 Å². The van der Waals surface area contributed by atoms with E-state index < -0.39 is 12.0 Å². The van der Waals surface area contributed by atoms with E-state index >= 15 is 0 Å². The fraction of sp³-hybridized carbons (Fsp3) is 0.462. The number of carboxylic acid groups (broad SMARTS) is 1. The molecule has 0 aromatic carbocycles. The third-order valence-corrected chi connectivity index (χ3v) is 3.64. The lowest BCUT2D eigenvalue weighted by Gasteiger charge is -2.19. The van der Waals surface area contributed by atoms with Crippen molar-refractivity contribution in [3.63, 3.8) is 0 Å². The first kappa shape index (κ1) is 15.0. The molecule has 1 saturated carbocycles. The van der Waals surface area contributed by atoms with Crippen LogP contribution < -0.4 is 10.9 Å². The summed E-state index contributed by atoms with van der Waals surface area (Å²) in [6.07, 6.45) is 1.72. The van der Waals surface area contributed by atoms with Gasteiger partial charge in [-0.3, -0.25) is 19.7 Å².